The largest absolute Gasteiger partial charge is 0.413 e. The Balaban J connectivity index is 1.59. The second-order valence-electron chi connectivity index (χ2n) is 10.7. The minimum atomic E-state index is -1.87. The number of nitrogen functional groups attached to an aromatic ring is 1. The lowest BCUT2D eigenvalue weighted by atomic mass is 10.2. The van der Waals surface area contributed by atoms with Gasteiger partial charge in [0, 0.05) is 11.9 Å². The van der Waals surface area contributed by atoms with Crippen molar-refractivity contribution in [3.05, 3.63) is 78.5 Å². The molecule has 194 valence electrons. The van der Waals surface area contributed by atoms with E-state index in [1.165, 1.54) is 0 Å². The van der Waals surface area contributed by atoms with Crippen LogP contribution in [-0.4, -0.2) is 37.8 Å². The molecule has 1 aromatic carbocycles. The monoisotopic (exact) mass is 527 g/mol. The molecule has 0 bridgehead atoms. The van der Waals surface area contributed by atoms with Gasteiger partial charge in [-0.3, -0.25) is 4.57 Å². The summed E-state index contributed by atoms with van der Waals surface area (Å²) in [6.07, 6.45) is 3.89. The average molecular weight is 528 g/mol. The maximum atomic E-state index is 13.4. The molecule has 0 spiro atoms. The molecule has 4 aromatic heterocycles. The van der Waals surface area contributed by atoms with E-state index in [0.717, 1.165) is 23.6 Å². The topological polar surface area (TPSA) is 105 Å². The van der Waals surface area contributed by atoms with Crippen LogP contribution < -0.4 is 5.73 Å². The van der Waals surface area contributed by atoms with Crippen LogP contribution in [0.15, 0.2) is 67.1 Å². The lowest BCUT2D eigenvalue weighted by Gasteiger charge is -2.36. The first kappa shape index (κ1) is 25.6. The van der Waals surface area contributed by atoms with Gasteiger partial charge < -0.3 is 10.2 Å². The third kappa shape index (κ3) is 4.92. The maximum Gasteiger partial charge on any atom is 0.192 e. The number of halogens is 1. The van der Waals surface area contributed by atoms with E-state index in [1.54, 1.807) is 12.3 Å². The molecule has 4 heterocycles. The zero-order valence-corrected chi connectivity index (χ0v) is 23.1. The van der Waals surface area contributed by atoms with Crippen molar-refractivity contribution in [3.63, 3.8) is 0 Å². The highest BCUT2D eigenvalue weighted by Crippen LogP contribution is 2.37. The van der Waals surface area contributed by atoms with Crippen LogP contribution in [0, 0.1) is 5.82 Å². The number of nitrogens with zero attached hydrogens (tertiary/aromatic N) is 6. The number of nitrogens with two attached hydrogens (primary N) is 1. The van der Waals surface area contributed by atoms with Gasteiger partial charge in [-0.2, -0.15) is 0 Å². The van der Waals surface area contributed by atoms with Crippen LogP contribution in [0.1, 0.15) is 26.3 Å². The van der Waals surface area contributed by atoms with E-state index in [2.05, 4.69) is 60.9 Å². The lowest BCUT2D eigenvalue weighted by molar-refractivity contribution is 0.276. The van der Waals surface area contributed by atoms with Crippen molar-refractivity contribution in [2.45, 2.75) is 45.5 Å². The van der Waals surface area contributed by atoms with Crippen molar-refractivity contribution in [2.24, 2.45) is 0 Å². The van der Waals surface area contributed by atoms with Gasteiger partial charge in [0.2, 0.25) is 0 Å². The van der Waals surface area contributed by atoms with Crippen LogP contribution in [0.2, 0.25) is 18.1 Å². The zero-order valence-electron chi connectivity index (χ0n) is 22.1. The molecule has 10 heteroatoms. The number of pyridine rings is 2. The van der Waals surface area contributed by atoms with E-state index >= 15 is 0 Å². The SMILES string of the molecule is CC(C)(C)[Si](C)(C)OCc1ccc(-n2c(-c3cccnc3N)nc3ccc(-c4ncc(F)cn4)nc32)cc1. The van der Waals surface area contributed by atoms with E-state index in [0.29, 0.717) is 46.5 Å². The van der Waals surface area contributed by atoms with Gasteiger partial charge in [0.1, 0.15) is 17.0 Å². The Labute approximate surface area is 221 Å². The fourth-order valence-corrected chi connectivity index (χ4v) is 4.74. The molecule has 0 saturated heterocycles. The molecular formula is C28H30FN7OSi. The Hall–Kier alpha value is -4.02. The summed E-state index contributed by atoms with van der Waals surface area (Å²) >= 11 is 0. The van der Waals surface area contributed by atoms with Crippen LogP contribution in [0.5, 0.6) is 0 Å². The second-order valence-corrected chi connectivity index (χ2v) is 15.5. The highest BCUT2D eigenvalue weighted by atomic mass is 28.4. The Bertz CT molecular complexity index is 1590. The molecular weight excluding hydrogens is 497 g/mol. The molecule has 8 nitrogen and oxygen atoms in total. The van der Waals surface area contributed by atoms with Crippen LogP contribution in [0.4, 0.5) is 10.2 Å². The number of imidazole rings is 1. The quantitative estimate of drug-likeness (QED) is 0.263. The van der Waals surface area contributed by atoms with Gasteiger partial charge in [-0.05, 0) is 60.1 Å². The highest BCUT2D eigenvalue weighted by molar-refractivity contribution is 6.74. The summed E-state index contributed by atoms with van der Waals surface area (Å²) in [5.41, 5.74) is 10.6. The van der Waals surface area contributed by atoms with Crippen LogP contribution in [0.3, 0.4) is 0 Å². The molecule has 0 aliphatic rings. The second kappa shape index (κ2) is 9.69. The molecule has 0 fully saturated rings. The van der Waals surface area contributed by atoms with Gasteiger partial charge in [-0.1, -0.05) is 32.9 Å². The minimum absolute atomic E-state index is 0.138. The van der Waals surface area contributed by atoms with Crippen LogP contribution >= 0.6 is 0 Å². The van der Waals surface area contributed by atoms with Crippen molar-refractivity contribution in [1.82, 2.24) is 29.5 Å². The fraction of sp³-hybridized carbons (Fsp3) is 0.250. The Morgan fingerprint density at radius 1 is 0.947 bits per heavy atom. The van der Waals surface area contributed by atoms with E-state index in [9.17, 15) is 4.39 Å². The predicted molar refractivity (Wildman–Crippen MR) is 149 cm³/mol. The molecule has 5 aromatic rings. The number of aromatic nitrogens is 6. The molecule has 0 atom stereocenters. The molecule has 0 aliphatic heterocycles. The summed E-state index contributed by atoms with van der Waals surface area (Å²) in [4.78, 5) is 22.1. The molecule has 2 N–H and O–H groups in total. The Morgan fingerprint density at radius 2 is 1.66 bits per heavy atom. The van der Waals surface area contributed by atoms with Gasteiger partial charge in [0.25, 0.3) is 0 Å². The van der Waals surface area contributed by atoms with Crippen molar-refractivity contribution < 1.29 is 8.82 Å². The summed E-state index contributed by atoms with van der Waals surface area (Å²) in [6, 6.07) is 15.5. The summed E-state index contributed by atoms with van der Waals surface area (Å²) < 4.78 is 21.7. The zero-order chi connectivity index (χ0) is 27.1. The summed E-state index contributed by atoms with van der Waals surface area (Å²) in [6.45, 7) is 11.7. The van der Waals surface area contributed by atoms with Crippen molar-refractivity contribution in [2.75, 3.05) is 5.73 Å². The molecule has 0 radical (unpaired) electrons. The summed E-state index contributed by atoms with van der Waals surface area (Å²) in [5, 5.41) is 0.138. The van der Waals surface area contributed by atoms with Gasteiger partial charge in [-0.25, -0.2) is 29.3 Å². The number of benzene rings is 1. The first-order chi connectivity index (χ1) is 18.0. The van der Waals surface area contributed by atoms with Crippen molar-refractivity contribution >= 4 is 25.3 Å². The number of fused-ring (bicyclic) bond motifs is 1. The molecule has 38 heavy (non-hydrogen) atoms. The maximum absolute atomic E-state index is 13.4. The average Bonchev–Trinajstić information content (AvgIpc) is 3.26. The van der Waals surface area contributed by atoms with Gasteiger partial charge in [-0.15, -0.1) is 0 Å². The Kier molecular flexibility index (Phi) is 6.54. The molecule has 0 amide bonds. The van der Waals surface area contributed by atoms with Gasteiger partial charge >= 0.3 is 0 Å². The van der Waals surface area contributed by atoms with Crippen LogP contribution in [-0.2, 0) is 11.0 Å². The van der Waals surface area contributed by atoms with E-state index in [4.69, 9.17) is 20.1 Å². The third-order valence-electron chi connectivity index (χ3n) is 7.03. The molecule has 0 aliphatic carbocycles. The van der Waals surface area contributed by atoms with Crippen molar-refractivity contribution in [3.8, 4) is 28.6 Å². The number of hydrogen-bond acceptors (Lipinski definition) is 7. The standard InChI is InChI=1S/C28H30FN7OSi/c1-28(2,3)38(4,5)37-17-18-8-10-20(11-9-18)36-26(21-7-6-14-31-24(21)30)35-23-13-12-22(34-27(23)36)25-32-15-19(29)16-33-25/h6-16H,17H2,1-5H3,(H2,30,31). The van der Waals surface area contributed by atoms with E-state index in [1.807, 2.05) is 34.9 Å². The predicted octanol–water partition coefficient (Wildman–Crippen LogP) is 6.18. The first-order valence-electron chi connectivity index (χ1n) is 12.3. The normalized spacial score (nSPS) is 12.3. The molecule has 0 saturated carbocycles. The van der Waals surface area contributed by atoms with E-state index < -0.39 is 14.1 Å². The van der Waals surface area contributed by atoms with E-state index in [-0.39, 0.29) is 5.04 Å². The number of rotatable bonds is 6. The minimum Gasteiger partial charge on any atom is -0.413 e. The number of hydrogen-bond donors (Lipinski definition) is 1. The fourth-order valence-electron chi connectivity index (χ4n) is 3.78. The first-order valence-corrected chi connectivity index (χ1v) is 15.3. The summed E-state index contributed by atoms with van der Waals surface area (Å²) in [7, 11) is -1.87. The van der Waals surface area contributed by atoms with Gasteiger partial charge in [0.15, 0.2) is 31.4 Å². The summed E-state index contributed by atoms with van der Waals surface area (Å²) in [5.74, 6) is 0.791. The van der Waals surface area contributed by atoms with Crippen LogP contribution in [0.25, 0.3) is 39.8 Å². The molecule has 0 unspecified atom stereocenters. The molecule has 5 rings (SSSR count). The Morgan fingerprint density at radius 3 is 2.32 bits per heavy atom. The highest BCUT2D eigenvalue weighted by Gasteiger charge is 2.37. The third-order valence-corrected chi connectivity index (χ3v) is 11.5. The lowest BCUT2D eigenvalue weighted by Crippen LogP contribution is -2.40. The van der Waals surface area contributed by atoms with Crippen molar-refractivity contribution in [1.29, 1.82) is 0 Å². The number of anilines is 1. The smallest absolute Gasteiger partial charge is 0.192 e. The van der Waals surface area contributed by atoms with Gasteiger partial charge in [0.05, 0.1) is 24.6 Å².